The second kappa shape index (κ2) is 8.53. The van der Waals surface area contributed by atoms with Gasteiger partial charge in [-0.1, -0.05) is 44.2 Å². The highest BCUT2D eigenvalue weighted by atomic mass is 35.5. The fourth-order valence-corrected chi connectivity index (χ4v) is 1.99. The van der Waals surface area contributed by atoms with Crippen molar-refractivity contribution in [2.75, 3.05) is 5.32 Å². The van der Waals surface area contributed by atoms with Crippen molar-refractivity contribution in [3.8, 4) is 0 Å². The van der Waals surface area contributed by atoms with Crippen LogP contribution in [0, 0.1) is 10.1 Å². The van der Waals surface area contributed by atoms with Gasteiger partial charge in [0.15, 0.2) is 0 Å². The summed E-state index contributed by atoms with van der Waals surface area (Å²) in [6, 6.07) is 4.00. The highest BCUT2D eigenvalue weighted by Gasteiger charge is 2.11. The minimum Gasteiger partial charge on any atom is -0.325 e. The van der Waals surface area contributed by atoms with Gasteiger partial charge in [-0.05, 0) is 12.5 Å². The lowest BCUT2D eigenvalue weighted by atomic mass is 10.1. The van der Waals surface area contributed by atoms with E-state index in [0.717, 1.165) is 25.7 Å². The monoisotopic (exact) mass is 298 g/mol. The van der Waals surface area contributed by atoms with Crippen molar-refractivity contribution in [2.45, 2.75) is 45.4 Å². The zero-order chi connectivity index (χ0) is 15.0. The molecule has 0 saturated heterocycles. The molecule has 5 nitrogen and oxygen atoms in total. The molecule has 1 amide bonds. The summed E-state index contributed by atoms with van der Waals surface area (Å²) in [7, 11) is 0. The second-order valence-corrected chi connectivity index (χ2v) is 5.04. The van der Waals surface area contributed by atoms with Gasteiger partial charge >= 0.3 is 0 Å². The third kappa shape index (κ3) is 5.57. The Balaban J connectivity index is 2.49. The Labute approximate surface area is 123 Å². The first-order chi connectivity index (χ1) is 9.54. The van der Waals surface area contributed by atoms with Crippen molar-refractivity contribution in [1.29, 1.82) is 0 Å². The van der Waals surface area contributed by atoms with E-state index >= 15 is 0 Å². The Kier molecular flexibility index (Phi) is 7.01. The van der Waals surface area contributed by atoms with Crippen LogP contribution in [0.3, 0.4) is 0 Å². The minimum atomic E-state index is -0.517. The minimum absolute atomic E-state index is 0.0901. The summed E-state index contributed by atoms with van der Waals surface area (Å²) < 4.78 is 0. The van der Waals surface area contributed by atoms with Crippen LogP contribution >= 0.6 is 11.6 Å². The molecule has 0 fully saturated rings. The average molecular weight is 299 g/mol. The van der Waals surface area contributed by atoms with Crippen LogP contribution in [0.5, 0.6) is 0 Å². The molecule has 0 aliphatic rings. The van der Waals surface area contributed by atoms with Gasteiger partial charge in [-0.15, -0.1) is 0 Å². The molecular formula is C14H19ClN2O3. The maximum atomic E-state index is 11.7. The van der Waals surface area contributed by atoms with Crippen LogP contribution < -0.4 is 5.32 Å². The number of nitrogens with one attached hydrogen (secondary N) is 1. The van der Waals surface area contributed by atoms with E-state index in [2.05, 4.69) is 12.2 Å². The van der Waals surface area contributed by atoms with Gasteiger partial charge in [0.2, 0.25) is 5.91 Å². The maximum Gasteiger partial charge on any atom is 0.271 e. The Morgan fingerprint density at radius 3 is 2.65 bits per heavy atom. The van der Waals surface area contributed by atoms with Crippen LogP contribution in [0.2, 0.25) is 5.02 Å². The topological polar surface area (TPSA) is 72.2 Å². The number of nitro groups is 1. The Morgan fingerprint density at radius 1 is 1.30 bits per heavy atom. The molecule has 0 spiro atoms. The van der Waals surface area contributed by atoms with Crippen molar-refractivity contribution >= 4 is 28.9 Å². The summed E-state index contributed by atoms with van der Waals surface area (Å²) in [4.78, 5) is 21.9. The number of nitro benzene ring substituents is 1. The summed E-state index contributed by atoms with van der Waals surface area (Å²) in [5.41, 5.74) is 0.201. The molecule has 0 radical (unpaired) electrons. The molecule has 0 aliphatic heterocycles. The fraction of sp³-hybridized carbons (Fsp3) is 0.500. The summed E-state index contributed by atoms with van der Waals surface area (Å²) >= 11 is 5.91. The highest BCUT2D eigenvalue weighted by Crippen LogP contribution is 2.26. The van der Waals surface area contributed by atoms with E-state index in [1.54, 1.807) is 0 Å². The third-order valence-electron chi connectivity index (χ3n) is 2.94. The smallest absolute Gasteiger partial charge is 0.271 e. The van der Waals surface area contributed by atoms with Crippen LogP contribution in [0.1, 0.15) is 45.4 Å². The van der Waals surface area contributed by atoms with E-state index in [9.17, 15) is 14.9 Å². The lowest BCUT2D eigenvalue weighted by Gasteiger charge is -2.07. The van der Waals surface area contributed by atoms with Crippen molar-refractivity contribution < 1.29 is 9.72 Å². The number of anilines is 1. The molecule has 1 N–H and O–H groups in total. The van der Waals surface area contributed by atoms with Gasteiger partial charge in [-0.25, -0.2) is 0 Å². The predicted molar refractivity (Wildman–Crippen MR) is 80.1 cm³/mol. The van der Waals surface area contributed by atoms with Gasteiger partial charge in [-0.2, -0.15) is 0 Å². The van der Waals surface area contributed by atoms with Crippen LogP contribution in [0.15, 0.2) is 18.2 Å². The van der Waals surface area contributed by atoms with Gasteiger partial charge in [0.1, 0.15) is 0 Å². The number of hydrogen-bond donors (Lipinski definition) is 1. The number of hydrogen-bond acceptors (Lipinski definition) is 3. The van der Waals surface area contributed by atoms with Gasteiger partial charge in [0.05, 0.1) is 15.6 Å². The van der Waals surface area contributed by atoms with Crippen molar-refractivity contribution in [3.05, 3.63) is 33.3 Å². The second-order valence-electron chi connectivity index (χ2n) is 4.63. The molecule has 0 bridgehead atoms. The fourth-order valence-electron chi connectivity index (χ4n) is 1.82. The number of carbonyl (C=O) groups excluding carboxylic acids is 1. The molecule has 1 rings (SSSR count). The first-order valence-electron chi connectivity index (χ1n) is 6.78. The number of halogens is 1. The predicted octanol–water partition coefficient (Wildman–Crippen LogP) is 4.55. The van der Waals surface area contributed by atoms with Crippen LogP contribution in [0.25, 0.3) is 0 Å². The molecule has 1 aromatic carbocycles. The summed E-state index contributed by atoms with van der Waals surface area (Å²) in [6.45, 7) is 2.14. The van der Waals surface area contributed by atoms with Crippen LogP contribution in [-0.2, 0) is 4.79 Å². The number of non-ortho nitro benzene ring substituents is 1. The third-order valence-corrected chi connectivity index (χ3v) is 3.27. The average Bonchev–Trinajstić information content (AvgIpc) is 2.40. The number of carbonyl (C=O) groups is 1. The van der Waals surface area contributed by atoms with Gasteiger partial charge in [-0.3, -0.25) is 14.9 Å². The Hall–Kier alpha value is -1.62. The van der Waals surface area contributed by atoms with E-state index in [1.807, 2.05) is 0 Å². The van der Waals surface area contributed by atoms with Gasteiger partial charge < -0.3 is 5.32 Å². The number of unbranched alkanes of at least 4 members (excludes halogenated alkanes) is 4. The zero-order valence-electron chi connectivity index (χ0n) is 11.5. The lowest BCUT2D eigenvalue weighted by Crippen LogP contribution is -2.11. The molecule has 1 aromatic rings. The number of amides is 1. The van der Waals surface area contributed by atoms with Gasteiger partial charge in [0, 0.05) is 18.6 Å². The molecule has 0 saturated carbocycles. The summed E-state index contributed by atoms with van der Waals surface area (Å²) in [5, 5.41) is 13.6. The standard InChI is InChI=1S/C14H19ClN2O3/c1-2-3-4-5-6-7-14(18)16-13-10-11(17(19)20)8-9-12(13)15/h8-10H,2-7H2,1H3,(H,16,18). The van der Waals surface area contributed by atoms with E-state index in [-0.39, 0.29) is 11.6 Å². The number of rotatable bonds is 8. The first kappa shape index (κ1) is 16.4. The summed E-state index contributed by atoms with van der Waals surface area (Å²) in [6.07, 6.45) is 5.71. The number of benzene rings is 1. The van der Waals surface area contributed by atoms with E-state index in [4.69, 9.17) is 11.6 Å². The molecule has 110 valence electrons. The quantitative estimate of drug-likeness (QED) is 0.435. The lowest BCUT2D eigenvalue weighted by molar-refractivity contribution is -0.384. The highest BCUT2D eigenvalue weighted by molar-refractivity contribution is 6.33. The SMILES string of the molecule is CCCCCCCC(=O)Nc1cc([N+](=O)[O-])ccc1Cl. The first-order valence-corrected chi connectivity index (χ1v) is 7.16. The molecule has 6 heteroatoms. The molecule has 0 heterocycles. The van der Waals surface area contributed by atoms with Crippen molar-refractivity contribution in [1.82, 2.24) is 0 Å². The van der Waals surface area contributed by atoms with E-state index < -0.39 is 4.92 Å². The molecule has 20 heavy (non-hydrogen) atoms. The molecule has 0 atom stereocenters. The van der Waals surface area contributed by atoms with Crippen LogP contribution in [-0.4, -0.2) is 10.8 Å². The zero-order valence-corrected chi connectivity index (χ0v) is 12.3. The maximum absolute atomic E-state index is 11.7. The van der Waals surface area contributed by atoms with Crippen LogP contribution in [0.4, 0.5) is 11.4 Å². The van der Waals surface area contributed by atoms with Crippen molar-refractivity contribution in [3.63, 3.8) is 0 Å². The Bertz CT molecular complexity index is 477. The molecule has 0 aromatic heterocycles. The molecule has 0 unspecified atom stereocenters. The van der Waals surface area contributed by atoms with Crippen molar-refractivity contribution in [2.24, 2.45) is 0 Å². The summed E-state index contributed by atoms with van der Waals surface area (Å²) in [5.74, 6) is -0.163. The molecule has 0 aliphatic carbocycles. The Morgan fingerprint density at radius 2 is 2.00 bits per heavy atom. The van der Waals surface area contributed by atoms with E-state index in [1.165, 1.54) is 24.6 Å². The molecular weight excluding hydrogens is 280 g/mol. The van der Waals surface area contributed by atoms with Gasteiger partial charge in [0.25, 0.3) is 5.69 Å². The van der Waals surface area contributed by atoms with E-state index in [0.29, 0.717) is 17.1 Å². The number of nitrogens with zero attached hydrogens (tertiary/aromatic N) is 1. The largest absolute Gasteiger partial charge is 0.325 e. The normalized spacial score (nSPS) is 10.3.